The molecule has 0 radical (unpaired) electrons. The van der Waals surface area contributed by atoms with Gasteiger partial charge >= 0.3 is 5.69 Å². The topological polar surface area (TPSA) is 113 Å². The lowest BCUT2D eigenvalue weighted by molar-refractivity contribution is 0.102. The highest BCUT2D eigenvalue weighted by molar-refractivity contribution is 8.00. The van der Waals surface area contributed by atoms with E-state index in [1.165, 1.54) is 41.0 Å². The van der Waals surface area contributed by atoms with Crippen molar-refractivity contribution in [1.82, 2.24) is 19.1 Å². The van der Waals surface area contributed by atoms with E-state index < -0.39 is 17.0 Å². The van der Waals surface area contributed by atoms with Gasteiger partial charge in [-0.2, -0.15) is 0 Å². The van der Waals surface area contributed by atoms with Gasteiger partial charge in [0.15, 0.2) is 5.78 Å². The molecule has 3 aromatic rings. The van der Waals surface area contributed by atoms with E-state index >= 15 is 0 Å². The van der Waals surface area contributed by atoms with Crippen molar-refractivity contribution in [3.63, 3.8) is 0 Å². The Morgan fingerprint density at radius 2 is 2.07 bits per heavy atom. The standard InChI is InChI=1S/C17H19N5O3S2/c1-9(2)6-22-14(18)12(16(24)21(3)17(22)25)11(23)7-27-15-13-10(4-5-26-13)19-8-20-15/h4-5,8-9H,6-7,18H2,1-3H3. The Kier molecular flexibility index (Phi) is 5.47. The number of nitrogen functional groups attached to an aromatic ring is 1. The van der Waals surface area contributed by atoms with Gasteiger partial charge in [0, 0.05) is 13.6 Å². The lowest BCUT2D eigenvalue weighted by Gasteiger charge is -2.16. The van der Waals surface area contributed by atoms with E-state index in [0.717, 1.165) is 14.8 Å². The molecule has 3 rings (SSSR count). The third kappa shape index (κ3) is 3.67. The van der Waals surface area contributed by atoms with Crippen LogP contribution >= 0.6 is 23.1 Å². The molecule has 0 spiro atoms. The van der Waals surface area contributed by atoms with Crippen LogP contribution in [0.2, 0.25) is 0 Å². The molecule has 3 heterocycles. The molecule has 0 bridgehead atoms. The van der Waals surface area contributed by atoms with Gasteiger partial charge < -0.3 is 5.73 Å². The molecule has 27 heavy (non-hydrogen) atoms. The number of fused-ring (bicyclic) bond motifs is 1. The zero-order valence-electron chi connectivity index (χ0n) is 15.1. The monoisotopic (exact) mass is 405 g/mol. The number of anilines is 1. The molecule has 0 aliphatic heterocycles. The summed E-state index contributed by atoms with van der Waals surface area (Å²) in [7, 11) is 1.35. The fourth-order valence-electron chi connectivity index (χ4n) is 2.66. The second kappa shape index (κ2) is 7.65. The summed E-state index contributed by atoms with van der Waals surface area (Å²) < 4.78 is 3.10. The van der Waals surface area contributed by atoms with Crippen molar-refractivity contribution in [1.29, 1.82) is 0 Å². The minimum Gasteiger partial charge on any atom is -0.384 e. The maximum Gasteiger partial charge on any atom is 0.332 e. The number of carbonyl (C=O) groups is 1. The normalized spacial score (nSPS) is 11.4. The Hall–Kier alpha value is -2.46. The van der Waals surface area contributed by atoms with Crippen LogP contribution in [0.15, 0.2) is 32.4 Å². The van der Waals surface area contributed by atoms with E-state index in [1.54, 1.807) is 0 Å². The van der Waals surface area contributed by atoms with Gasteiger partial charge in [0.1, 0.15) is 22.7 Å². The van der Waals surface area contributed by atoms with Crippen molar-refractivity contribution in [2.45, 2.75) is 25.4 Å². The molecule has 0 saturated carbocycles. The molecular weight excluding hydrogens is 386 g/mol. The lowest BCUT2D eigenvalue weighted by Crippen LogP contribution is -2.43. The number of thiophene rings is 1. The average Bonchev–Trinajstić information content (AvgIpc) is 3.11. The third-order valence-corrected chi connectivity index (χ3v) is 5.99. The highest BCUT2D eigenvalue weighted by Crippen LogP contribution is 2.29. The molecule has 0 saturated heterocycles. The molecular formula is C17H19N5O3S2. The number of hydrogen-bond acceptors (Lipinski definition) is 8. The van der Waals surface area contributed by atoms with Crippen LogP contribution in [-0.2, 0) is 13.6 Å². The highest BCUT2D eigenvalue weighted by atomic mass is 32.2. The molecule has 0 atom stereocenters. The van der Waals surface area contributed by atoms with Crippen molar-refractivity contribution in [2.24, 2.45) is 13.0 Å². The molecule has 0 amide bonds. The van der Waals surface area contributed by atoms with Crippen LogP contribution in [0.3, 0.4) is 0 Å². The van der Waals surface area contributed by atoms with E-state index in [9.17, 15) is 14.4 Å². The van der Waals surface area contributed by atoms with Crippen LogP contribution in [0.25, 0.3) is 10.2 Å². The van der Waals surface area contributed by atoms with E-state index in [0.29, 0.717) is 11.6 Å². The Morgan fingerprint density at radius 1 is 1.33 bits per heavy atom. The molecule has 0 aromatic carbocycles. The Balaban J connectivity index is 1.95. The summed E-state index contributed by atoms with van der Waals surface area (Å²) in [6.45, 7) is 4.18. The van der Waals surface area contributed by atoms with Gasteiger partial charge in [-0.25, -0.2) is 14.8 Å². The number of hydrogen-bond donors (Lipinski definition) is 1. The maximum atomic E-state index is 12.8. The molecule has 0 fully saturated rings. The number of Topliss-reactive ketones (excluding diaryl/α,β-unsaturated/α-hetero) is 1. The quantitative estimate of drug-likeness (QED) is 0.378. The van der Waals surface area contributed by atoms with Crippen LogP contribution in [0.5, 0.6) is 0 Å². The molecule has 3 aromatic heterocycles. The second-order valence-corrected chi connectivity index (χ2v) is 8.32. The molecule has 8 nitrogen and oxygen atoms in total. The number of ketones is 1. The van der Waals surface area contributed by atoms with Crippen LogP contribution < -0.4 is 17.0 Å². The zero-order chi connectivity index (χ0) is 19.7. The van der Waals surface area contributed by atoms with Gasteiger partial charge in [-0.1, -0.05) is 25.6 Å². The molecule has 142 valence electrons. The van der Waals surface area contributed by atoms with Crippen molar-refractivity contribution >= 4 is 44.9 Å². The van der Waals surface area contributed by atoms with E-state index in [-0.39, 0.29) is 23.1 Å². The first-order valence-electron chi connectivity index (χ1n) is 8.24. The Morgan fingerprint density at radius 3 is 2.78 bits per heavy atom. The van der Waals surface area contributed by atoms with Crippen molar-refractivity contribution in [3.8, 4) is 0 Å². The average molecular weight is 406 g/mol. The first-order valence-corrected chi connectivity index (χ1v) is 10.1. The minimum absolute atomic E-state index is 0.0106. The van der Waals surface area contributed by atoms with Gasteiger partial charge in [0.05, 0.1) is 16.0 Å². The Bertz CT molecular complexity index is 1130. The molecule has 0 aliphatic rings. The van der Waals surface area contributed by atoms with Crippen molar-refractivity contribution in [3.05, 3.63) is 44.2 Å². The summed E-state index contributed by atoms with van der Waals surface area (Å²) in [6.07, 6.45) is 1.44. The predicted molar refractivity (Wildman–Crippen MR) is 108 cm³/mol. The number of nitrogens with two attached hydrogens (primary N) is 1. The first kappa shape index (κ1) is 19.3. The largest absolute Gasteiger partial charge is 0.384 e. The van der Waals surface area contributed by atoms with Gasteiger partial charge in [-0.15, -0.1) is 11.3 Å². The minimum atomic E-state index is -0.674. The molecule has 10 heteroatoms. The number of thioether (sulfide) groups is 1. The summed E-state index contributed by atoms with van der Waals surface area (Å²) in [6, 6.07) is 1.88. The first-order chi connectivity index (χ1) is 12.8. The van der Waals surface area contributed by atoms with Crippen LogP contribution in [0.1, 0.15) is 24.2 Å². The Labute approximate surface area is 163 Å². The number of aromatic nitrogens is 4. The molecule has 0 unspecified atom stereocenters. The number of rotatable bonds is 6. The summed E-state index contributed by atoms with van der Waals surface area (Å²) in [4.78, 5) is 46.0. The van der Waals surface area contributed by atoms with Crippen LogP contribution in [-0.4, -0.2) is 30.6 Å². The van der Waals surface area contributed by atoms with Crippen molar-refractivity contribution < 1.29 is 4.79 Å². The van der Waals surface area contributed by atoms with Gasteiger partial charge in [-0.3, -0.25) is 18.7 Å². The van der Waals surface area contributed by atoms with E-state index in [1.807, 2.05) is 25.3 Å². The SMILES string of the molecule is CC(C)Cn1c(N)c(C(=O)CSc2ncnc3ccsc23)c(=O)n(C)c1=O. The highest BCUT2D eigenvalue weighted by Gasteiger charge is 2.22. The zero-order valence-corrected chi connectivity index (χ0v) is 16.8. The second-order valence-electron chi connectivity index (χ2n) is 6.44. The number of carbonyl (C=O) groups excluding carboxylic acids is 1. The molecule has 0 aliphatic carbocycles. The summed E-state index contributed by atoms with van der Waals surface area (Å²) in [5.74, 6) is -0.387. The maximum absolute atomic E-state index is 12.8. The van der Waals surface area contributed by atoms with Crippen molar-refractivity contribution in [2.75, 3.05) is 11.5 Å². The third-order valence-electron chi connectivity index (χ3n) is 3.96. The smallest absolute Gasteiger partial charge is 0.332 e. The van der Waals surface area contributed by atoms with Gasteiger partial charge in [0.25, 0.3) is 5.56 Å². The summed E-state index contributed by atoms with van der Waals surface area (Å²) in [5.41, 5.74) is 5.51. The summed E-state index contributed by atoms with van der Waals surface area (Å²) in [5, 5.41) is 2.58. The van der Waals surface area contributed by atoms with E-state index in [2.05, 4.69) is 9.97 Å². The van der Waals surface area contributed by atoms with Gasteiger partial charge in [0.2, 0.25) is 0 Å². The fourth-order valence-corrected chi connectivity index (χ4v) is 4.48. The number of nitrogens with zero attached hydrogens (tertiary/aromatic N) is 4. The lowest BCUT2D eigenvalue weighted by atomic mass is 10.2. The summed E-state index contributed by atoms with van der Waals surface area (Å²) >= 11 is 2.71. The fraction of sp³-hybridized carbons (Fsp3) is 0.353. The van der Waals surface area contributed by atoms with Crippen LogP contribution in [0.4, 0.5) is 5.82 Å². The van der Waals surface area contributed by atoms with Crippen LogP contribution in [0, 0.1) is 5.92 Å². The van der Waals surface area contributed by atoms with E-state index in [4.69, 9.17) is 5.73 Å². The predicted octanol–water partition coefficient (Wildman–Crippen LogP) is 1.76. The van der Waals surface area contributed by atoms with Gasteiger partial charge in [-0.05, 0) is 17.4 Å². The molecule has 2 N–H and O–H groups in total.